The molecular weight excluding hydrogens is 296 g/mol. The van der Waals surface area contributed by atoms with E-state index in [9.17, 15) is 9.59 Å². The van der Waals surface area contributed by atoms with E-state index in [0.29, 0.717) is 31.8 Å². The van der Waals surface area contributed by atoms with E-state index in [4.69, 9.17) is 4.74 Å². The molecule has 3 heterocycles. The van der Waals surface area contributed by atoms with Crippen molar-refractivity contribution in [2.24, 2.45) is 0 Å². The van der Waals surface area contributed by atoms with E-state index in [1.165, 1.54) is 0 Å². The van der Waals surface area contributed by atoms with Crippen molar-refractivity contribution in [1.82, 2.24) is 20.1 Å². The number of pyridine rings is 1. The monoisotopic (exact) mass is 318 g/mol. The van der Waals surface area contributed by atoms with Crippen molar-refractivity contribution in [3.05, 3.63) is 29.6 Å². The first-order chi connectivity index (χ1) is 10.9. The van der Waals surface area contributed by atoms with Crippen LogP contribution >= 0.6 is 0 Å². The molecule has 1 unspecified atom stereocenters. The van der Waals surface area contributed by atoms with Crippen molar-refractivity contribution < 1.29 is 14.3 Å². The Morgan fingerprint density at radius 1 is 1.35 bits per heavy atom. The average molecular weight is 318 g/mol. The summed E-state index contributed by atoms with van der Waals surface area (Å²) in [4.78, 5) is 32.1. The van der Waals surface area contributed by atoms with Gasteiger partial charge in [0.2, 0.25) is 5.91 Å². The lowest BCUT2D eigenvalue weighted by Gasteiger charge is -2.54. The summed E-state index contributed by atoms with van der Waals surface area (Å²) in [6.07, 6.45) is 3.32. The van der Waals surface area contributed by atoms with Crippen LogP contribution in [-0.4, -0.2) is 78.6 Å². The fourth-order valence-electron chi connectivity index (χ4n) is 3.27. The van der Waals surface area contributed by atoms with Crippen molar-refractivity contribution in [2.75, 3.05) is 40.3 Å². The Hall–Kier alpha value is -1.99. The highest BCUT2D eigenvalue weighted by molar-refractivity contribution is 5.94. The topological polar surface area (TPSA) is 74.8 Å². The van der Waals surface area contributed by atoms with Gasteiger partial charge in [-0.3, -0.25) is 19.5 Å². The molecule has 1 aromatic rings. The zero-order valence-corrected chi connectivity index (χ0v) is 13.7. The summed E-state index contributed by atoms with van der Waals surface area (Å²) < 4.78 is 5.94. The van der Waals surface area contributed by atoms with Crippen molar-refractivity contribution in [2.45, 2.75) is 18.6 Å². The predicted molar refractivity (Wildman–Crippen MR) is 84.0 cm³/mol. The summed E-state index contributed by atoms with van der Waals surface area (Å²) >= 11 is 0. The summed E-state index contributed by atoms with van der Waals surface area (Å²) in [5.74, 6) is -0.0630. The molecule has 7 heteroatoms. The van der Waals surface area contributed by atoms with E-state index in [0.717, 1.165) is 5.56 Å². The quantitative estimate of drug-likeness (QED) is 0.808. The normalized spacial score (nSPS) is 23.4. The molecule has 0 aromatic carbocycles. The Balaban J connectivity index is 1.61. The molecule has 124 valence electrons. The van der Waals surface area contributed by atoms with Crippen LogP contribution in [0.4, 0.5) is 0 Å². The van der Waals surface area contributed by atoms with Crippen LogP contribution in [0, 0.1) is 6.92 Å². The van der Waals surface area contributed by atoms with Crippen LogP contribution in [0.1, 0.15) is 15.9 Å². The van der Waals surface area contributed by atoms with Gasteiger partial charge < -0.3 is 15.0 Å². The number of ether oxygens (including phenoxy) is 1. The van der Waals surface area contributed by atoms with Crippen LogP contribution in [0.3, 0.4) is 0 Å². The van der Waals surface area contributed by atoms with Crippen LogP contribution in [0.15, 0.2) is 18.5 Å². The molecule has 1 N–H and O–H groups in total. The molecule has 2 aliphatic heterocycles. The summed E-state index contributed by atoms with van der Waals surface area (Å²) in [7, 11) is 3.54. The fourth-order valence-corrected chi connectivity index (χ4v) is 3.27. The van der Waals surface area contributed by atoms with Crippen molar-refractivity contribution >= 4 is 11.8 Å². The number of rotatable bonds is 2. The molecule has 7 nitrogen and oxygen atoms in total. The second-order valence-corrected chi connectivity index (χ2v) is 6.45. The maximum absolute atomic E-state index is 12.5. The van der Waals surface area contributed by atoms with Gasteiger partial charge in [0.15, 0.2) is 0 Å². The number of carbonyl (C=O) groups is 2. The third-order valence-corrected chi connectivity index (χ3v) is 4.53. The van der Waals surface area contributed by atoms with E-state index in [-0.39, 0.29) is 23.5 Å². The molecule has 2 amide bonds. The molecule has 1 spiro atoms. The first-order valence-electron chi connectivity index (χ1n) is 7.71. The smallest absolute Gasteiger partial charge is 0.255 e. The van der Waals surface area contributed by atoms with Crippen LogP contribution in [0.5, 0.6) is 0 Å². The number of likely N-dealkylation sites (N-methyl/N-ethyl adjacent to an activating group) is 2. The number of aromatic nitrogens is 1. The van der Waals surface area contributed by atoms with E-state index in [2.05, 4.69) is 10.3 Å². The van der Waals surface area contributed by atoms with Gasteiger partial charge in [-0.2, -0.15) is 0 Å². The fraction of sp³-hybridized carbons (Fsp3) is 0.562. The van der Waals surface area contributed by atoms with E-state index in [1.54, 1.807) is 24.3 Å². The number of hydrogen-bond donors (Lipinski definition) is 1. The third-order valence-electron chi connectivity index (χ3n) is 4.53. The standard InChI is InChI=1S/C16H22N4O3/c1-11-4-12(6-18-5-11)15(22)20-9-16(10-20)8-19(3)13(7-23-16)14(21)17-2/h4-6,13H,7-10H2,1-3H3,(H,17,21). The van der Waals surface area contributed by atoms with Gasteiger partial charge >= 0.3 is 0 Å². The van der Waals surface area contributed by atoms with Gasteiger partial charge in [0.1, 0.15) is 11.6 Å². The Bertz CT molecular complexity index is 628. The first kappa shape index (κ1) is 15.9. The lowest BCUT2D eigenvalue weighted by atomic mass is 9.90. The number of nitrogens with one attached hydrogen (secondary N) is 1. The Labute approximate surface area is 135 Å². The van der Waals surface area contributed by atoms with E-state index in [1.807, 2.05) is 24.9 Å². The summed E-state index contributed by atoms with van der Waals surface area (Å²) in [6, 6.07) is 1.58. The summed E-state index contributed by atoms with van der Waals surface area (Å²) in [5, 5.41) is 2.65. The molecule has 23 heavy (non-hydrogen) atoms. The second kappa shape index (κ2) is 5.90. The molecule has 0 aliphatic carbocycles. The number of nitrogens with zero attached hydrogens (tertiary/aromatic N) is 3. The Morgan fingerprint density at radius 2 is 2.09 bits per heavy atom. The minimum atomic E-state index is -0.355. The molecule has 2 aliphatic rings. The van der Waals surface area contributed by atoms with Crippen LogP contribution in [0.2, 0.25) is 0 Å². The largest absolute Gasteiger partial charge is 0.368 e. The van der Waals surface area contributed by atoms with Gasteiger partial charge in [-0.25, -0.2) is 0 Å². The van der Waals surface area contributed by atoms with Gasteiger partial charge in [0.25, 0.3) is 5.91 Å². The number of aryl methyl sites for hydroxylation is 1. The van der Waals surface area contributed by atoms with Crippen LogP contribution < -0.4 is 5.32 Å². The van der Waals surface area contributed by atoms with Gasteiger partial charge in [0, 0.05) is 26.0 Å². The molecular formula is C16H22N4O3. The summed E-state index contributed by atoms with van der Waals surface area (Å²) in [5.41, 5.74) is 1.21. The predicted octanol–water partition coefficient (Wildman–Crippen LogP) is -0.339. The molecule has 0 saturated carbocycles. The minimum Gasteiger partial charge on any atom is -0.368 e. The maximum atomic E-state index is 12.5. The van der Waals surface area contributed by atoms with E-state index < -0.39 is 0 Å². The summed E-state index contributed by atoms with van der Waals surface area (Å²) in [6.45, 7) is 4.00. The Kier molecular flexibility index (Phi) is 4.08. The number of amides is 2. The van der Waals surface area contributed by atoms with Gasteiger partial charge in [-0.15, -0.1) is 0 Å². The van der Waals surface area contributed by atoms with Gasteiger partial charge in [-0.1, -0.05) is 0 Å². The van der Waals surface area contributed by atoms with Crippen molar-refractivity contribution in [3.63, 3.8) is 0 Å². The van der Waals surface area contributed by atoms with Crippen molar-refractivity contribution in [1.29, 1.82) is 0 Å². The van der Waals surface area contributed by atoms with Gasteiger partial charge in [0.05, 0.1) is 25.3 Å². The average Bonchev–Trinajstić information content (AvgIpc) is 2.51. The number of morpholine rings is 1. The Morgan fingerprint density at radius 3 is 2.70 bits per heavy atom. The number of likely N-dealkylation sites (tertiary alicyclic amines) is 1. The molecule has 3 rings (SSSR count). The molecule has 0 bridgehead atoms. The lowest BCUT2D eigenvalue weighted by molar-refractivity contribution is -0.187. The second-order valence-electron chi connectivity index (χ2n) is 6.45. The zero-order valence-electron chi connectivity index (χ0n) is 13.7. The van der Waals surface area contributed by atoms with Crippen LogP contribution in [-0.2, 0) is 9.53 Å². The van der Waals surface area contributed by atoms with E-state index >= 15 is 0 Å². The maximum Gasteiger partial charge on any atom is 0.255 e. The molecule has 2 fully saturated rings. The number of carbonyl (C=O) groups excluding carboxylic acids is 2. The lowest BCUT2D eigenvalue weighted by Crippen LogP contribution is -2.73. The molecule has 0 radical (unpaired) electrons. The third kappa shape index (κ3) is 2.94. The zero-order chi connectivity index (χ0) is 16.6. The minimum absolute atomic E-state index is 0.0218. The molecule has 1 atom stereocenters. The SMILES string of the molecule is CNC(=O)C1COC2(CN(C(=O)c3cncc(C)c3)C2)CN1C. The highest BCUT2D eigenvalue weighted by Crippen LogP contribution is 2.31. The molecule has 2 saturated heterocycles. The molecule has 1 aromatic heterocycles. The highest BCUT2D eigenvalue weighted by atomic mass is 16.5. The highest BCUT2D eigenvalue weighted by Gasteiger charge is 2.51. The van der Waals surface area contributed by atoms with Gasteiger partial charge in [-0.05, 0) is 25.6 Å². The van der Waals surface area contributed by atoms with Crippen molar-refractivity contribution in [3.8, 4) is 0 Å². The first-order valence-corrected chi connectivity index (χ1v) is 7.71. The number of hydrogen-bond acceptors (Lipinski definition) is 5. The van der Waals surface area contributed by atoms with Crippen LogP contribution in [0.25, 0.3) is 0 Å².